The Morgan fingerprint density at radius 1 is 0.208 bits per heavy atom. The van der Waals surface area contributed by atoms with Gasteiger partial charge in [-0.3, -0.25) is 0 Å². The summed E-state index contributed by atoms with van der Waals surface area (Å²) in [5.41, 5.74) is 7.81. The molecule has 3 aromatic heterocycles. The molecule has 0 atom stereocenters. The molecule has 0 radical (unpaired) electrons. The van der Waals surface area contributed by atoms with E-state index in [1.807, 2.05) is 125 Å². The predicted molar refractivity (Wildman–Crippen MR) is 336 cm³/mol. The van der Waals surface area contributed by atoms with E-state index in [-0.39, 0.29) is 0 Å². The van der Waals surface area contributed by atoms with Crippen LogP contribution in [-0.4, -0.2) is 13.7 Å². The average molecular weight is 965 g/mol. The van der Waals surface area contributed by atoms with Crippen LogP contribution in [0, 0.1) is 0 Å². The summed E-state index contributed by atoms with van der Waals surface area (Å²) in [6.45, 7) is 36.0. The number of fused-ring (bicyclic) bond motifs is 14. The minimum absolute atomic E-state index is 1.29. The van der Waals surface area contributed by atoms with Gasteiger partial charge in [-0.2, -0.15) is 0 Å². The number of rotatable bonds is 0. The summed E-state index contributed by atoms with van der Waals surface area (Å²) in [7, 11) is 6.43. The van der Waals surface area contributed by atoms with E-state index < -0.39 is 0 Å². The molecule has 0 aliphatic rings. The van der Waals surface area contributed by atoms with Crippen LogP contribution < -0.4 is 0 Å². The summed E-state index contributed by atoms with van der Waals surface area (Å²) in [6.07, 6.45) is 0. The molecule has 384 valence electrons. The standard InChI is InChI=1S/3C17H13N.9C2H6/c1-18-16-9-5-4-8-14(16)15-10-12-6-2-3-7-13(12)11-17(15)18;1-18-16-9-5-4-8-14(16)15-11-10-12-6-2-3-7-13(12)17(15)18;1-18-15-9-5-4-8-14(15)17-13-7-3-2-6-12(13)10-11-16(17)18;9*1-2/h3*2-11H,1H3;9*1-2H3. The second kappa shape index (κ2) is 34.5. The normalized spacial score (nSPS) is 9.46. The smallest absolute Gasteiger partial charge is 0.0568 e. The second-order valence-corrected chi connectivity index (χ2v) is 14.3. The van der Waals surface area contributed by atoms with E-state index in [0.29, 0.717) is 0 Å². The molecule has 3 heterocycles. The molecule has 0 bridgehead atoms. The number of hydrogen-bond acceptors (Lipinski definition) is 0. The summed E-state index contributed by atoms with van der Waals surface area (Å²) >= 11 is 0. The van der Waals surface area contributed by atoms with Crippen molar-refractivity contribution < 1.29 is 0 Å². The zero-order valence-electron chi connectivity index (χ0n) is 48.7. The Morgan fingerprint density at radius 3 is 1.06 bits per heavy atom. The first-order valence-corrected chi connectivity index (χ1v) is 27.6. The second-order valence-electron chi connectivity index (χ2n) is 14.3. The van der Waals surface area contributed by atoms with Crippen molar-refractivity contribution in [2.75, 3.05) is 0 Å². The number of aryl methyl sites for hydroxylation is 3. The summed E-state index contributed by atoms with van der Waals surface area (Å²) < 4.78 is 6.85. The van der Waals surface area contributed by atoms with E-state index in [1.165, 1.54) is 97.7 Å². The van der Waals surface area contributed by atoms with Gasteiger partial charge in [-0.05, 0) is 63.3 Å². The molecule has 0 unspecified atom stereocenters. The Kier molecular flexibility index (Phi) is 30.3. The third-order valence-corrected chi connectivity index (χ3v) is 11.4. The topological polar surface area (TPSA) is 14.8 Å². The molecule has 0 aliphatic heterocycles. The number of aromatic nitrogens is 3. The number of benzene rings is 9. The third-order valence-electron chi connectivity index (χ3n) is 11.4. The Morgan fingerprint density at radius 2 is 0.542 bits per heavy atom. The lowest BCUT2D eigenvalue weighted by atomic mass is 10.0. The first-order chi connectivity index (χ1) is 35.6. The molecule has 0 saturated heterocycles. The molecule has 12 aromatic rings. The van der Waals surface area contributed by atoms with Gasteiger partial charge in [0.15, 0.2) is 0 Å². The van der Waals surface area contributed by atoms with Crippen LogP contribution in [0.15, 0.2) is 182 Å². The fraction of sp³-hybridized carbons (Fsp3) is 0.304. The molecule has 0 amide bonds. The number of hydrogen-bond donors (Lipinski definition) is 0. The maximum Gasteiger partial charge on any atom is 0.0568 e. The highest BCUT2D eigenvalue weighted by Crippen LogP contribution is 2.35. The van der Waals surface area contributed by atoms with Crippen LogP contribution in [-0.2, 0) is 21.1 Å². The maximum absolute atomic E-state index is 2.30. The summed E-state index contributed by atoms with van der Waals surface area (Å²) in [5.74, 6) is 0. The monoisotopic (exact) mass is 964 g/mol. The van der Waals surface area contributed by atoms with Crippen molar-refractivity contribution >= 4 is 97.7 Å². The first kappa shape index (κ1) is 63.2. The fourth-order valence-corrected chi connectivity index (χ4v) is 8.72. The molecule has 72 heavy (non-hydrogen) atoms. The Bertz CT molecular complexity index is 3340. The lowest BCUT2D eigenvalue weighted by Crippen LogP contribution is -1.87. The maximum atomic E-state index is 2.30. The molecule has 3 heteroatoms. The van der Waals surface area contributed by atoms with Crippen LogP contribution in [0.3, 0.4) is 0 Å². The van der Waals surface area contributed by atoms with Crippen LogP contribution in [0.2, 0.25) is 0 Å². The molecule has 0 saturated carbocycles. The number of nitrogens with zero attached hydrogens (tertiary/aromatic N) is 3. The molecule has 0 fully saturated rings. The fourth-order valence-electron chi connectivity index (χ4n) is 8.72. The van der Waals surface area contributed by atoms with Gasteiger partial charge in [0.1, 0.15) is 0 Å². The van der Waals surface area contributed by atoms with Gasteiger partial charge in [0.2, 0.25) is 0 Å². The van der Waals surface area contributed by atoms with E-state index >= 15 is 0 Å². The Balaban J connectivity index is 0.000000466. The molecule has 9 aromatic carbocycles. The molecule has 3 nitrogen and oxygen atoms in total. The van der Waals surface area contributed by atoms with E-state index in [4.69, 9.17) is 0 Å². The van der Waals surface area contributed by atoms with Gasteiger partial charge >= 0.3 is 0 Å². The quantitative estimate of drug-likeness (QED) is 0.144. The minimum atomic E-state index is 1.29. The van der Waals surface area contributed by atoms with Crippen LogP contribution in [0.1, 0.15) is 125 Å². The van der Waals surface area contributed by atoms with Crippen molar-refractivity contribution in [1.29, 1.82) is 0 Å². The van der Waals surface area contributed by atoms with E-state index in [9.17, 15) is 0 Å². The van der Waals surface area contributed by atoms with Crippen molar-refractivity contribution in [2.45, 2.75) is 125 Å². The zero-order valence-corrected chi connectivity index (χ0v) is 48.7. The molecular formula is C69H93N3. The van der Waals surface area contributed by atoms with Gasteiger partial charge in [0, 0.05) is 86.4 Å². The van der Waals surface area contributed by atoms with Crippen LogP contribution in [0.4, 0.5) is 0 Å². The highest BCUT2D eigenvalue weighted by molar-refractivity contribution is 6.21. The summed E-state index contributed by atoms with van der Waals surface area (Å²) in [6, 6.07) is 65.0. The molecule has 0 spiro atoms. The zero-order chi connectivity index (χ0) is 54.3. The van der Waals surface area contributed by atoms with E-state index in [1.54, 1.807) is 0 Å². The van der Waals surface area contributed by atoms with Gasteiger partial charge < -0.3 is 13.7 Å². The van der Waals surface area contributed by atoms with Crippen LogP contribution in [0.5, 0.6) is 0 Å². The van der Waals surface area contributed by atoms with E-state index in [2.05, 4.69) is 217 Å². The van der Waals surface area contributed by atoms with Gasteiger partial charge in [0.05, 0.1) is 5.52 Å². The van der Waals surface area contributed by atoms with E-state index in [0.717, 1.165) is 0 Å². The summed E-state index contributed by atoms with van der Waals surface area (Å²) in [4.78, 5) is 0. The highest BCUT2D eigenvalue weighted by Gasteiger charge is 2.12. The lowest BCUT2D eigenvalue weighted by Gasteiger charge is -2.02. The van der Waals surface area contributed by atoms with Gasteiger partial charge in [0.25, 0.3) is 0 Å². The lowest BCUT2D eigenvalue weighted by molar-refractivity contribution is 1.01. The predicted octanol–water partition coefficient (Wildman–Crippen LogP) is 22.7. The van der Waals surface area contributed by atoms with Crippen LogP contribution in [0.25, 0.3) is 97.7 Å². The largest absolute Gasteiger partial charge is 0.344 e. The van der Waals surface area contributed by atoms with Crippen LogP contribution >= 0.6 is 0 Å². The Hall–Kier alpha value is -6.84. The average Bonchev–Trinajstić information content (AvgIpc) is 4.08. The minimum Gasteiger partial charge on any atom is -0.344 e. The van der Waals surface area contributed by atoms with Crippen molar-refractivity contribution in [3.8, 4) is 0 Å². The van der Waals surface area contributed by atoms with Crippen molar-refractivity contribution in [2.24, 2.45) is 21.1 Å². The van der Waals surface area contributed by atoms with Crippen molar-refractivity contribution in [3.63, 3.8) is 0 Å². The molecule has 0 N–H and O–H groups in total. The highest BCUT2D eigenvalue weighted by atomic mass is 14.9. The van der Waals surface area contributed by atoms with Crippen molar-refractivity contribution in [1.82, 2.24) is 13.7 Å². The van der Waals surface area contributed by atoms with Crippen molar-refractivity contribution in [3.05, 3.63) is 182 Å². The molecule has 0 aliphatic carbocycles. The molecule has 12 rings (SSSR count). The number of para-hydroxylation sites is 3. The van der Waals surface area contributed by atoms with Gasteiger partial charge in [-0.1, -0.05) is 270 Å². The SMILES string of the molecule is CC.CC.CC.CC.CC.CC.CC.CC.CC.Cn1c2ccccc2c2c3ccccc3ccc21.Cn1c2ccccc2c2cc3ccccc3cc21.Cn1c2ccccc2c2ccc3ccccc3c21. The molecular weight excluding hydrogens is 871 g/mol. The van der Waals surface area contributed by atoms with Gasteiger partial charge in [-0.25, -0.2) is 0 Å². The van der Waals surface area contributed by atoms with Gasteiger partial charge in [-0.15, -0.1) is 0 Å². The Labute approximate surface area is 437 Å². The third kappa shape index (κ3) is 13.8. The first-order valence-electron chi connectivity index (χ1n) is 27.6. The summed E-state index contributed by atoms with van der Waals surface area (Å²) in [5, 5.41) is 15.9.